The maximum Gasteiger partial charge on any atom is 0.203 e. The maximum atomic E-state index is 6.51. The summed E-state index contributed by atoms with van der Waals surface area (Å²) in [5, 5.41) is 2.36. The molecule has 0 saturated carbocycles. The number of rotatable bonds is 6. The van der Waals surface area contributed by atoms with Crippen LogP contribution >= 0.6 is 0 Å². The molecule has 4 nitrogen and oxygen atoms in total. The Morgan fingerprint density at radius 2 is 1.50 bits per heavy atom. The van der Waals surface area contributed by atoms with Crippen LogP contribution in [0.25, 0.3) is 33.4 Å². The molecule has 0 unspecified atom stereocenters. The van der Waals surface area contributed by atoms with E-state index in [1.807, 2.05) is 0 Å². The fourth-order valence-corrected chi connectivity index (χ4v) is 4.35. The van der Waals surface area contributed by atoms with E-state index in [1.54, 1.807) is 0 Å². The monoisotopic (exact) mass is 430 g/mol. The summed E-state index contributed by atoms with van der Waals surface area (Å²) >= 11 is 0. The highest BCUT2D eigenvalue weighted by molar-refractivity contribution is 6.02. The molecule has 0 fully saturated rings. The molecule has 0 spiro atoms. The predicted octanol–water partition coefficient (Wildman–Crippen LogP) is 5.44. The molecule has 1 aliphatic carbocycles. The van der Waals surface area contributed by atoms with Gasteiger partial charge < -0.3 is 15.1 Å². The number of nitrogens with two attached hydrogens (primary N) is 1. The highest BCUT2D eigenvalue weighted by Crippen LogP contribution is 2.40. The minimum absolute atomic E-state index is 0.933. The van der Waals surface area contributed by atoms with Gasteiger partial charge in [0, 0.05) is 47.4 Å². The average molecular weight is 431 g/mol. The zero-order valence-corrected chi connectivity index (χ0v) is 20.1. The molecule has 0 bridgehead atoms. The summed E-state index contributed by atoms with van der Waals surface area (Å²) in [4.78, 5) is 2.35. The Bertz CT molecular complexity index is 1180. The van der Waals surface area contributed by atoms with E-state index >= 15 is 0 Å². The van der Waals surface area contributed by atoms with Crippen LogP contribution in [0, 0.1) is 0 Å². The molecule has 2 aromatic rings. The summed E-state index contributed by atoms with van der Waals surface area (Å²) in [5.74, 6) is 0.933. The van der Waals surface area contributed by atoms with Gasteiger partial charge in [-0.1, -0.05) is 30.3 Å². The Labute approximate surface area is 192 Å². The lowest BCUT2D eigenvalue weighted by molar-refractivity contribution is 0.604. The lowest BCUT2D eigenvalue weighted by Gasteiger charge is -2.22. The second-order valence-corrected chi connectivity index (χ2v) is 7.55. The van der Waals surface area contributed by atoms with Crippen LogP contribution in [0.15, 0.2) is 71.1 Å². The van der Waals surface area contributed by atoms with Gasteiger partial charge in [-0.25, -0.2) is 4.58 Å². The lowest BCUT2D eigenvalue weighted by atomic mass is 9.93. The number of hydrogen-bond donors (Lipinski definition) is 1. The smallest absolute Gasteiger partial charge is 0.203 e. The van der Waals surface area contributed by atoms with Gasteiger partial charge in [0.2, 0.25) is 5.36 Å². The van der Waals surface area contributed by atoms with E-state index in [-0.39, 0.29) is 0 Å². The molecular formula is C28H36N3O+. The normalized spacial score (nSPS) is 10.7. The first-order valence-electron chi connectivity index (χ1n) is 11.7. The van der Waals surface area contributed by atoms with Gasteiger partial charge in [-0.2, -0.15) is 0 Å². The molecule has 32 heavy (non-hydrogen) atoms. The molecule has 0 atom stereocenters. The number of benzene rings is 3. The lowest BCUT2D eigenvalue weighted by Crippen LogP contribution is -2.29. The van der Waals surface area contributed by atoms with Crippen LogP contribution in [0.1, 0.15) is 27.7 Å². The third-order valence-electron chi connectivity index (χ3n) is 6.01. The summed E-state index contributed by atoms with van der Waals surface area (Å²) in [5.41, 5.74) is 10.2. The average Bonchev–Trinajstić information content (AvgIpc) is 2.85. The second kappa shape index (κ2) is 11.0. The first-order valence-corrected chi connectivity index (χ1v) is 11.7. The van der Waals surface area contributed by atoms with E-state index in [2.05, 4.69) is 110 Å². The van der Waals surface area contributed by atoms with E-state index in [1.165, 1.54) is 29.2 Å². The highest BCUT2D eigenvalue weighted by Gasteiger charge is 2.19. The molecule has 1 heterocycles. The largest absolute Gasteiger partial charge is 0.456 e. The zero-order valence-electron chi connectivity index (χ0n) is 20.1. The van der Waals surface area contributed by atoms with E-state index < -0.39 is 0 Å². The van der Waals surface area contributed by atoms with E-state index in [4.69, 9.17) is 4.42 Å². The van der Waals surface area contributed by atoms with Crippen molar-refractivity contribution in [2.24, 2.45) is 5.73 Å². The molecule has 168 valence electrons. The Morgan fingerprint density at radius 3 is 2.12 bits per heavy atom. The topological polar surface area (TPSA) is 45.4 Å². The SMILES string of the molecule is CCN(CC)c1ccc2c(-c3ccccc3)c3ccc(=[N+](CC)CC)cc-3oc2c1.CN. The van der Waals surface area contributed by atoms with E-state index in [9.17, 15) is 0 Å². The van der Waals surface area contributed by atoms with E-state index in [0.717, 1.165) is 48.5 Å². The number of fused-ring (bicyclic) bond motifs is 2. The summed E-state index contributed by atoms with van der Waals surface area (Å²) in [6.45, 7) is 12.7. The van der Waals surface area contributed by atoms with Crippen LogP contribution < -0.4 is 20.6 Å². The van der Waals surface area contributed by atoms with Crippen molar-refractivity contribution in [1.82, 2.24) is 4.58 Å². The fourth-order valence-electron chi connectivity index (χ4n) is 4.35. The summed E-state index contributed by atoms with van der Waals surface area (Å²) in [6.07, 6.45) is 0. The summed E-state index contributed by atoms with van der Waals surface area (Å²) < 4.78 is 8.87. The molecule has 0 radical (unpaired) electrons. The van der Waals surface area contributed by atoms with Gasteiger partial charge in [-0.3, -0.25) is 0 Å². The second-order valence-electron chi connectivity index (χ2n) is 7.55. The zero-order chi connectivity index (χ0) is 23.1. The molecular weight excluding hydrogens is 394 g/mol. The van der Waals surface area contributed by atoms with Crippen molar-refractivity contribution in [3.05, 3.63) is 72.1 Å². The standard InChI is InChI=1S/C27H31N2O.CH5N/c1-5-28(6-2)21-14-16-23-25(18-21)30-26-19-22(29(7-3)8-4)15-17-24(26)27(23)20-12-10-9-11-13-20;1-2/h9-19H,5-8H2,1-4H3;2H2,1H3/q+1;. The van der Waals surface area contributed by atoms with Crippen LogP contribution in [-0.2, 0) is 0 Å². The quantitative estimate of drug-likeness (QED) is 0.327. The van der Waals surface area contributed by atoms with Crippen molar-refractivity contribution >= 4 is 16.7 Å². The Balaban J connectivity index is 0.00000141. The highest BCUT2D eigenvalue weighted by atomic mass is 16.3. The summed E-state index contributed by atoms with van der Waals surface area (Å²) in [7, 11) is 1.50. The molecule has 2 aliphatic rings. The van der Waals surface area contributed by atoms with Crippen LogP contribution in [0.5, 0.6) is 0 Å². The molecule has 2 aromatic carbocycles. The van der Waals surface area contributed by atoms with Gasteiger partial charge in [0.25, 0.3) is 0 Å². The minimum atomic E-state index is 0.933. The van der Waals surface area contributed by atoms with Crippen molar-refractivity contribution < 1.29 is 4.42 Å². The molecule has 0 saturated heterocycles. The van der Waals surface area contributed by atoms with Gasteiger partial charge in [0.15, 0.2) is 0 Å². The van der Waals surface area contributed by atoms with Gasteiger partial charge in [-0.05, 0) is 58.5 Å². The van der Waals surface area contributed by atoms with Crippen molar-refractivity contribution in [1.29, 1.82) is 0 Å². The molecule has 0 aromatic heterocycles. The number of anilines is 1. The van der Waals surface area contributed by atoms with Crippen molar-refractivity contribution in [2.45, 2.75) is 27.7 Å². The van der Waals surface area contributed by atoms with Gasteiger partial charge in [-0.15, -0.1) is 0 Å². The van der Waals surface area contributed by atoms with Crippen LogP contribution in [0.4, 0.5) is 5.69 Å². The van der Waals surface area contributed by atoms with Crippen molar-refractivity contribution in [3.63, 3.8) is 0 Å². The first-order chi connectivity index (χ1) is 15.7. The van der Waals surface area contributed by atoms with E-state index in [0.29, 0.717) is 0 Å². The predicted molar refractivity (Wildman–Crippen MR) is 138 cm³/mol. The third kappa shape index (κ3) is 4.56. The molecule has 1 aliphatic heterocycles. The fraction of sp³-hybridized carbons (Fsp3) is 0.321. The molecule has 0 amide bonds. The van der Waals surface area contributed by atoms with Crippen molar-refractivity contribution in [2.75, 3.05) is 38.1 Å². The maximum absolute atomic E-state index is 6.51. The molecule has 4 rings (SSSR count). The number of nitrogens with zero attached hydrogens (tertiary/aromatic N) is 2. The van der Waals surface area contributed by atoms with Crippen molar-refractivity contribution in [3.8, 4) is 22.5 Å². The third-order valence-corrected chi connectivity index (χ3v) is 6.01. The Morgan fingerprint density at radius 1 is 0.812 bits per heavy atom. The van der Waals surface area contributed by atoms with Gasteiger partial charge >= 0.3 is 0 Å². The van der Waals surface area contributed by atoms with Crippen LogP contribution in [0.3, 0.4) is 0 Å². The molecule has 2 N–H and O–H groups in total. The van der Waals surface area contributed by atoms with Gasteiger partial charge in [0.05, 0.1) is 6.07 Å². The Kier molecular flexibility index (Phi) is 8.07. The Hall–Kier alpha value is -3.11. The number of hydrogen-bond acceptors (Lipinski definition) is 3. The summed E-state index contributed by atoms with van der Waals surface area (Å²) in [6, 6.07) is 23.9. The molecule has 4 heteroatoms. The van der Waals surface area contributed by atoms with Crippen LogP contribution in [-0.4, -0.2) is 33.2 Å². The van der Waals surface area contributed by atoms with Crippen LogP contribution in [0.2, 0.25) is 0 Å². The minimum Gasteiger partial charge on any atom is -0.456 e. The van der Waals surface area contributed by atoms with Gasteiger partial charge in [0.1, 0.15) is 24.4 Å². The first kappa shape index (κ1) is 23.6.